The summed E-state index contributed by atoms with van der Waals surface area (Å²) in [4.78, 5) is 0. The zero-order valence-electron chi connectivity index (χ0n) is 8.96. The van der Waals surface area contributed by atoms with Crippen molar-refractivity contribution >= 4 is 15.9 Å². The normalized spacial score (nSPS) is 26.5. The highest BCUT2D eigenvalue weighted by molar-refractivity contribution is 9.10. The number of hydrogen-bond donors (Lipinski definition) is 2. The van der Waals surface area contributed by atoms with Crippen molar-refractivity contribution in [2.75, 3.05) is 13.1 Å². The number of halogens is 1. The highest BCUT2D eigenvalue weighted by atomic mass is 79.9. The fraction of sp³-hybridized carbons (Fsp3) is 0.500. The third-order valence-corrected chi connectivity index (χ3v) is 3.50. The van der Waals surface area contributed by atoms with Gasteiger partial charge in [0.15, 0.2) is 0 Å². The molecule has 1 aliphatic rings. The van der Waals surface area contributed by atoms with Crippen LogP contribution in [0.1, 0.15) is 12.5 Å². The minimum Gasteiger partial charge on any atom is -0.311 e. The van der Waals surface area contributed by atoms with Crippen LogP contribution in [0.4, 0.5) is 0 Å². The molecule has 82 valence electrons. The molecule has 0 saturated carbocycles. The molecule has 0 amide bonds. The average Bonchev–Trinajstić information content (AvgIpc) is 2.25. The van der Waals surface area contributed by atoms with Crippen LogP contribution in [0.2, 0.25) is 0 Å². The summed E-state index contributed by atoms with van der Waals surface area (Å²) in [6, 6.07) is 9.70. The maximum absolute atomic E-state index is 3.56. The van der Waals surface area contributed by atoms with Gasteiger partial charge in [0, 0.05) is 29.6 Å². The molecule has 2 unspecified atom stereocenters. The largest absolute Gasteiger partial charge is 0.311 e. The molecule has 0 bridgehead atoms. The van der Waals surface area contributed by atoms with E-state index in [1.54, 1.807) is 0 Å². The van der Waals surface area contributed by atoms with Crippen LogP contribution in [0, 0.1) is 0 Å². The quantitative estimate of drug-likeness (QED) is 0.857. The first-order chi connectivity index (χ1) is 7.25. The van der Waals surface area contributed by atoms with Crippen LogP contribution in [0.5, 0.6) is 0 Å². The summed E-state index contributed by atoms with van der Waals surface area (Å²) in [6.45, 7) is 4.40. The lowest BCUT2D eigenvalue weighted by Crippen LogP contribution is -2.55. The van der Waals surface area contributed by atoms with Gasteiger partial charge < -0.3 is 10.6 Å². The molecule has 1 aromatic carbocycles. The SMILES string of the molecule is CC1NCCNC1Cc1ccc(Br)cc1. The Kier molecular flexibility index (Phi) is 3.78. The molecule has 2 rings (SSSR count). The van der Waals surface area contributed by atoms with Gasteiger partial charge in [0.2, 0.25) is 0 Å². The van der Waals surface area contributed by atoms with Gasteiger partial charge in [0.25, 0.3) is 0 Å². The zero-order chi connectivity index (χ0) is 10.7. The fourth-order valence-electron chi connectivity index (χ4n) is 2.00. The average molecular weight is 269 g/mol. The summed E-state index contributed by atoms with van der Waals surface area (Å²) >= 11 is 3.45. The van der Waals surface area contributed by atoms with Crippen LogP contribution >= 0.6 is 15.9 Å². The zero-order valence-corrected chi connectivity index (χ0v) is 10.5. The molecule has 1 fully saturated rings. The summed E-state index contributed by atoms with van der Waals surface area (Å²) in [5.74, 6) is 0. The molecule has 0 spiro atoms. The third kappa shape index (κ3) is 3.03. The van der Waals surface area contributed by atoms with E-state index in [9.17, 15) is 0 Å². The standard InChI is InChI=1S/C12H17BrN2/c1-9-12(15-7-6-14-9)8-10-2-4-11(13)5-3-10/h2-5,9,12,14-15H,6-8H2,1H3. The Hall–Kier alpha value is -0.380. The first-order valence-corrected chi connectivity index (χ1v) is 6.26. The molecule has 2 N–H and O–H groups in total. The van der Waals surface area contributed by atoms with Gasteiger partial charge in [-0.2, -0.15) is 0 Å². The molecule has 1 aromatic rings. The van der Waals surface area contributed by atoms with Gasteiger partial charge in [0.1, 0.15) is 0 Å². The number of piperazine rings is 1. The highest BCUT2D eigenvalue weighted by Crippen LogP contribution is 2.13. The number of benzene rings is 1. The molecule has 2 nitrogen and oxygen atoms in total. The van der Waals surface area contributed by atoms with Crippen LogP contribution in [-0.4, -0.2) is 25.2 Å². The van der Waals surface area contributed by atoms with E-state index in [1.165, 1.54) is 5.56 Å². The molecule has 1 heterocycles. The lowest BCUT2D eigenvalue weighted by atomic mass is 9.99. The van der Waals surface area contributed by atoms with E-state index in [0.29, 0.717) is 12.1 Å². The molecule has 0 radical (unpaired) electrons. The van der Waals surface area contributed by atoms with Crippen molar-refractivity contribution in [2.24, 2.45) is 0 Å². The van der Waals surface area contributed by atoms with Gasteiger partial charge in [-0.25, -0.2) is 0 Å². The first-order valence-electron chi connectivity index (χ1n) is 5.47. The Bertz CT molecular complexity index is 310. The number of hydrogen-bond acceptors (Lipinski definition) is 2. The van der Waals surface area contributed by atoms with E-state index in [1.807, 2.05) is 0 Å². The maximum Gasteiger partial charge on any atom is 0.0259 e. The summed E-state index contributed by atoms with van der Waals surface area (Å²) in [5.41, 5.74) is 1.39. The second-order valence-corrected chi connectivity index (χ2v) is 5.05. The van der Waals surface area contributed by atoms with Crippen LogP contribution in [0.3, 0.4) is 0 Å². The Morgan fingerprint density at radius 3 is 2.53 bits per heavy atom. The summed E-state index contributed by atoms with van der Waals surface area (Å²) in [5, 5.41) is 7.05. The summed E-state index contributed by atoms with van der Waals surface area (Å²) in [7, 11) is 0. The molecule has 1 aliphatic heterocycles. The highest BCUT2D eigenvalue weighted by Gasteiger charge is 2.19. The molecular formula is C12H17BrN2. The topological polar surface area (TPSA) is 24.1 Å². The van der Waals surface area contributed by atoms with E-state index in [-0.39, 0.29) is 0 Å². The minimum absolute atomic E-state index is 0.555. The van der Waals surface area contributed by atoms with Crippen molar-refractivity contribution in [2.45, 2.75) is 25.4 Å². The summed E-state index contributed by atoms with van der Waals surface area (Å²) in [6.07, 6.45) is 1.10. The van der Waals surface area contributed by atoms with Gasteiger partial charge in [-0.1, -0.05) is 28.1 Å². The van der Waals surface area contributed by atoms with Gasteiger partial charge in [-0.05, 0) is 31.0 Å². The van der Waals surface area contributed by atoms with E-state index in [4.69, 9.17) is 0 Å². The Balaban J connectivity index is 1.98. The Morgan fingerprint density at radius 1 is 1.20 bits per heavy atom. The smallest absolute Gasteiger partial charge is 0.0259 e. The van der Waals surface area contributed by atoms with Crippen LogP contribution < -0.4 is 10.6 Å². The lowest BCUT2D eigenvalue weighted by molar-refractivity contribution is 0.337. The van der Waals surface area contributed by atoms with Crippen LogP contribution in [-0.2, 0) is 6.42 Å². The van der Waals surface area contributed by atoms with E-state index < -0.39 is 0 Å². The fourth-order valence-corrected chi connectivity index (χ4v) is 2.26. The van der Waals surface area contributed by atoms with Gasteiger partial charge in [-0.15, -0.1) is 0 Å². The molecule has 15 heavy (non-hydrogen) atoms. The molecule has 2 atom stereocenters. The van der Waals surface area contributed by atoms with Crippen molar-refractivity contribution in [1.29, 1.82) is 0 Å². The molecular weight excluding hydrogens is 252 g/mol. The predicted octanol–water partition coefficient (Wildman–Crippen LogP) is 1.94. The van der Waals surface area contributed by atoms with Gasteiger partial charge in [0.05, 0.1) is 0 Å². The second-order valence-electron chi connectivity index (χ2n) is 4.13. The van der Waals surface area contributed by atoms with Crippen LogP contribution in [0.15, 0.2) is 28.7 Å². The van der Waals surface area contributed by atoms with E-state index in [2.05, 4.69) is 57.8 Å². The van der Waals surface area contributed by atoms with E-state index >= 15 is 0 Å². The van der Waals surface area contributed by atoms with Crippen molar-refractivity contribution in [1.82, 2.24) is 10.6 Å². The minimum atomic E-state index is 0.555. The Labute approximate surface area is 99.6 Å². The monoisotopic (exact) mass is 268 g/mol. The Morgan fingerprint density at radius 2 is 1.87 bits per heavy atom. The van der Waals surface area contributed by atoms with E-state index in [0.717, 1.165) is 24.0 Å². The van der Waals surface area contributed by atoms with Crippen LogP contribution in [0.25, 0.3) is 0 Å². The van der Waals surface area contributed by atoms with Gasteiger partial charge >= 0.3 is 0 Å². The molecule has 0 aromatic heterocycles. The van der Waals surface area contributed by atoms with Crippen molar-refractivity contribution in [3.63, 3.8) is 0 Å². The van der Waals surface area contributed by atoms with Crippen molar-refractivity contribution in [3.05, 3.63) is 34.3 Å². The summed E-state index contributed by atoms with van der Waals surface area (Å²) < 4.78 is 1.15. The number of nitrogens with one attached hydrogen (secondary N) is 2. The molecule has 3 heteroatoms. The van der Waals surface area contributed by atoms with Gasteiger partial charge in [-0.3, -0.25) is 0 Å². The third-order valence-electron chi connectivity index (χ3n) is 2.97. The molecule has 1 saturated heterocycles. The van der Waals surface area contributed by atoms with Crippen molar-refractivity contribution in [3.8, 4) is 0 Å². The predicted molar refractivity (Wildman–Crippen MR) is 67.1 cm³/mol. The first kappa shape index (κ1) is 11.1. The van der Waals surface area contributed by atoms with Crippen molar-refractivity contribution < 1.29 is 0 Å². The lowest BCUT2D eigenvalue weighted by Gasteiger charge is -2.31. The molecule has 0 aliphatic carbocycles. The second kappa shape index (κ2) is 5.10. The maximum atomic E-state index is 3.56. The number of rotatable bonds is 2.